The van der Waals surface area contributed by atoms with Crippen LogP contribution < -0.4 is 0 Å². The predicted octanol–water partition coefficient (Wildman–Crippen LogP) is 13.4. The van der Waals surface area contributed by atoms with E-state index >= 15 is 0 Å². The van der Waals surface area contributed by atoms with E-state index in [0.717, 1.165) is 25.7 Å². The summed E-state index contributed by atoms with van der Waals surface area (Å²) in [5, 5.41) is 3.63. The molecule has 0 atom stereocenters. The fraction of sp³-hybridized carbons (Fsp3) is 0.391. The van der Waals surface area contributed by atoms with E-state index in [1.54, 1.807) is 11.1 Å². The molecular formula is C46H56Si. The highest BCUT2D eigenvalue weighted by Gasteiger charge is 2.43. The number of rotatable bonds is 16. The first-order valence-electron chi connectivity index (χ1n) is 19.0. The standard InChI is InChI=1S/C46H56Si/c1-5-9-11-17-29-47(30-18-12-10-6-2,39-31-37-23-19-27-43(45(37)33-39)41-25-15-13-21-35(41)7-3)40-32-38-24-20-28-44(46(38)34-40)42-26-16-14-22-36(42)8-4/h13-16,19-28,33-34H,5-12,17-18,29-32H2,1-4H3. The van der Waals surface area contributed by atoms with Gasteiger partial charge >= 0.3 is 0 Å². The fourth-order valence-electron chi connectivity index (χ4n) is 8.68. The summed E-state index contributed by atoms with van der Waals surface area (Å²) in [4.78, 5) is 0. The maximum absolute atomic E-state index is 2.74. The summed E-state index contributed by atoms with van der Waals surface area (Å²) in [7, 11) is -1.99. The van der Waals surface area contributed by atoms with Gasteiger partial charge in [-0.2, -0.15) is 0 Å². The Morgan fingerprint density at radius 3 is 1.30 bits per heavy atom. The van der Waals surface area contributed by atoms with E-state index in [0.29, 0.717) is 0 Å². The highest BCUT2D eigenvalue weighted by Crippen LogP contribution is 2.48. The average Bonchev–Trinajstić information content (AvgIpc) is 3.77. The molecule has 0 saturated carbocycles. The zero-order chi connectivity index (χ0) is 32.6. The zero-order valence-electron chi connectivity index (χ0n) is 29.6. The van der Waals surface area contributed by atoms with Gasteiger partial charge in [0.1, 0.15) is 8.07 Å². The molecule has 0 amide bonds. The third kappa shape index (κ3) is 6.93. The Morgan fingerprint density at radius 1 is 0.447 bits per heavy atom. The van der Waals surface area contributed by atoms with Crippen LogP contribution in [-0.2, 0) is 25.7 Å². The molecule has 0 unspecified atom stereocenters. The first-order chi connectivity index (χ1) is 23.1. The Hall–Kier alpha value is -3.42. The molecule has 244 valence electrons. The van der Waals surface area contributed by atoms with Crippen molar-refractivity contribution in [1.82, 2.24) is 0 Å². The lowest BCUT2D eigenvalue weighted by atomic mass is 9.93. The minimum Gasteiger partial charge on any atom is -0.0709 e. The summed E-state index contributed by atoms with van der Waals surface area (Å²) in [6.45, 7) is 9.30. The summed E-state index contributed by atoms with van der Waals surface area (Å²) in [6.07, 6.45) is 20.7. The number of unbranched alkanes of at least 4 members (excludes halogenated alkanes) is 6. The highest BCUT2D eigenvalue weighted by molar-refractivity contribution is 6.94. The molecule has 0 heterocycles. The third-order valence-electron chi connectivity index (χ3n) is 11.3. The second-order valence-corrected chi connectivity index (χ2v) is 18.6. The van der Waals surface area contributed by atoms with Crippen molar-refractivity contribution in [2.24, 2.45) is 0 Å². The number of hydrogen-bond donors (Lipinski definition) is 0. The molecule has 4 aromatic rings. The van der Waals surface area contributed by atoms with Gasteiger partial charge in [-0.05, 0) is 93.4 Å². The number of allylic oxidation sites excluding steroid dienone is 2. The molecule has 0 spiro atoms. The summed E-state index contributed by atoms with van der Waals surface area (Å²) >= 11 is 0. The molecule has 0 fully saturated rings. The lowest BCUT2D eigenvalue weighted by molar-refractivity contribution is 0.681. The van der Waals surface area contributed by atoms with Crippen LogP contribution in [0, 0.1) is 0 Å². The summed E-state index contributed by atoms with van der Waals surface area (Å²) in [6, 6.07) is 35.3. The largest absolute Gasteiger partial charge is 0.109 e. The lowest BCUT2D eigenvalue weighted by Gasteiger charge is -2.36. The van der Waals surface area contributed by atoms with Crippen LogP contribution in [0.15, 0.2) is 95.3 Å². The molecule has 2 aliphatic rings. The Kier molecular flexibility index (Phi) is 11.1. The Morgan fingerprint density at radius 2 is 0.872 bits per heavy atom. The molecule has 0 radical (unpaired) electrons. The van der Waals surface area contributed by atoms with Crippen LogP contribution in [0.5, 0.6) is 0 Å². The maximum Gasteiger partial charge on any atom is 0.109 e. The quantitative estimate of drug-likeness (QED) is 0.0848. The average molecular weight is 637 g/mol. The normalized spacial score (nSPS) is 13.8. The van der Waals surface area contributed by atoms with Crippen LogP contribution in [0.2, 0.25) is 12.1 Å². The smallest absolute Gasteiger partial charge is 0.0709 e. The van der Waals surface area contributed by atoms with Gasteiger partial charge in [0.05, 0.1) is 0 Å². The van der Waals surface area contributed by atoms with Gasteiger partial charge in [-0.15, -0.1) is 0 Å². The third-order valence-corrected chi connectivity index (χ3v) is 16.8. The molecule has 0 nitrogen and oxygen atoms in total. The first-order valence-corrected chi connectivity index (χ1v) is 21.4. The van der Waals surface area contributed by atoms with Gasteiger partial charge in [0.25, 0.3) is 0 Å². The van der Waals surface area contributed by atoms with Crippen molar-refractivity contribution < 1.29 is 0 Å². The maximum atomic E-state index is 2.74. The van der Waals surface area contributed by atoms with Gasteiger partial charge in [-0.25, -0.2) is 0 Å². The van der Waals surface area contributed by atoms with Gasteiger partial charge in [0, 0.05) is 0 Å². The number of hydrogen-bond acceptors (Lipinski definition) is 0. The van der Waals surface area contributed by atoms with Crippen LogP contribution in [0.25, 0.3) is 34.4 Å². The van der Waals surface area contributed by atoms with Crippen LogP contribution in [0.1, 0.15) is 112 Å². The van der Waals surface area contributed by atoms with E-state index in [9.17, 15) is 0 Å². The monoisotopic (exact) mass is 636 g/mol. The topological polar surface area (TPSA) is 0 Å². The minimum atomic E-state index is -1.99. The Balaban J connectivity index is 1.48. The van der Waals surface area contributed by atoms with E-state index < -0.39 is 8.07 Å². The number of aryl methyl sites for hydroxylation is 2. The van der Waals surface area contributed by atoms with Crippen molar-refractivity contribution in [3.8, 4) is 22.3 Å². The summed E-state index contributed by atoms with van der Waals surface area (Å²) in [5.41, 5.74) is 14.8. The van der Waals surface area contributed by atoms with Crippen molar-refractivity contribution >= 4 is 20.2 Å². The van der Waals surface area contributed by atoms with E-state index in [2.05, 4.69) is 125 Å². The summed E-state index contributed by atoms with van der Waals surface area (Å²) in [5.74, 6) is 0. The SMILES string of the molecule is CCCCCC[Si](CCCCCC)(C1=Cc2c(cccc2-c2ccccc2CC)C1)C1=Cc2c(cccc2-c2ccccc2CC)C1. The second kappa shape index (κ2) is 15.7. The lowest BCUT2D eigenvalue weighted by Crippen LogP contribution is -2.40. The van der Waals surface area contributed by atoms with E-state index in [1.165, 1.54) is 108 Å². The van der Waals surface area contributed by atoms with Crippen molar-refractivity contribution in [2.75, 3.05) is 0 Å². The molecular weight excluding hydrogens is 581 g/mol. The predicted molar refractivity (Wildman–Crippen MR) is 210 cm³/mol. The van der Waals surface area contributed by atoms with Crippen molar-refractivity contribution in [3.63, 3.8) is 0 Å². The van der Waals surface area contributed by atoms with Gasteiger partial charge in [-0.3, -0.25) is 0 Å². The fourth-order valence-corrected chi connectivity index (χ4v) is 14.2. The van der Waals surface area contributed by atoms with E-state index in [-0.39, 0.29) is 0 Å². The van der Waals surface area contributed by atoms with Crippen LogP contribution in [-0.4, -0.2) is 8.07 Å². The van der Waals surface area contributed by atoms with Gasteiger partial charge in [-0.1, -0.05) is 187 Å². The first kappa shape index (κ1) is 33.5. The molecule has 0 aliphatic heterocycles. The molecule has 0 bridgehead atoms. The zero-order valence-corrected chi connectivity index (χ0v) is 30.6. The van der Waals surface area contributed by atoms with Gasteiger partial charge in [0.2, 0.25) is 0 Å². The van der Waals surface area contributed by atoms with Crippen molar-refractivity contribution in [3.05, 3.63) is 129 Å². The number of fused-ring (bicyclic) bond motifs is 2. The molecule has 4 aromatic carbocycles. The Labute approximate surface area is 287 Å². The molecule has 0 N–H and O–H groups in total. The molecule has 2 aliphatic carbocycles. The van der Waals surface area contributed by atoms with Crippen molar-refractivity contribution in [2.45, 2.75) is 117 Å². The summed E-state index contributed by atoms with van der Waals surface area (Å²) < 4.78 is 0. The minimum absolute atomic E-state index is 1.07. The molecule has 0 aromatic heterocycles. The molecule has 0 saturated heterocycles. The van der Waals surface area contributed by atoms with Gasteiger partial charge in [0.15, 0.2) is 0 Å². The molecule has 47 heavy (non-hydrogen) atoms. The Bertz CT molecular complexity index is 1600. The van der Waals surface area contributed by atoms with E-state index in [1.807, 2.05) is 10.4 Å². The molecule has 1 heteroatoms. The van der Waals surface area contributed by atoms with Crippen molar-refractivity contribution in [1.29, 1.82) is 0 Å². The van der Waals surface area contributed by atoms with Crippen LogP contribution in [0.4, 0.5) is 0 Å². The highest BCUT2D eigenvalue weighted by atomic mass is 28.3. The molecule has 6 rings (SSSR count). The van der Waals surface area contributed by atoms with Crippen LogP contribution >= 0.6 is 0 Å². The van der Waals surface area contributed by atoms with Gasteiger partial charge < -0.3 is 0 Å². The second-order valence-electron chi connectivity index (χ2n) is 14.2. The number of benzene rings is 4. The van der Waals surface area contributed by atoms with E-state index in [4.69, 9.17) is 0 Å². The van der Waals surface area contributed by atoms with Crippen LogP contribution in [0.3, 0.4) is 0 Å².